The smallest absolute Gasteiger partial charge is 0.251 e. The first-order chi connectivity index (χ1) is 5.65. The molecule has 0 aliphatic carbocycles. The van der Waals surface area contributed by atoms with Gasteiger partial charge in [0, 0.05) is 12.6 Å². The molecule has 0 atom stereocenters. The molecule has 3 N–H and O–H groups in total. The first kappa shape index (κ1) is 8.39. The Morgan fingerprint density at radius 1 is 1.33 bits per heavy atom. The van der Waals surface area contributed by atoms with Gasteiger partial charge in [-0.2, -0.15) is 0 Å². The molecule has 4 heteroatoms. The fourth-order valence-electron chi connectivity index (χ4n) is 0.767. The van der Waals surface area contributed by atoms with E-state index in [1.165, 1.54) is 12.1 Å². The lowest BCUT2D eigenvalue weighted by Gasteiger charge is -2.00. The Kier molecular flexibility index (Phi) is 2.19. The van der Waals surface area contributed by atoms with E-state index in [-0.39, 0.29) is 17.1 Å². The second kappa shape index (κ2) is 3.13. The summed E-state index contributed by atoms with van der Waals surface area (Å²) in [6, 6.07) is 3.78. The van der Waals surface area contributed by atoms with E-state index in [1.54, 1.807) is 0 Å². The van der Waals surface area contributed by atoms with Crippen LogP contribution < -0.4 is 5.32 Å². The third-order valence-corrected chi connectivity index (χ3v) is 1.40. The first-order valence-corrected chi connectivity index (χ1v) is 3.24. The molecule has 0 heterocycles. The van der Waals surface area contributed by atoms with Crippen molar-refractivity contribution >= 4 is 5.91 Å². The number of phenols is 2. The summed E-state index contributed by atoms with van der Waals surface area (Å²) in [6.45, 7) is 0. The summed E-state index contributed by atoms with van der Waals surface area (Å²) in [4.78, 5) is 10.9. The van der Waals surface area contributed by atoms with Crippen LogP contribution in [0, 0.1) is 7.05 Å². The maximum atomic E-state index is 10.9. The van der Waals surface area contributed by atoms with E-state index >= 15 is 0 Å². The Hall–Kier alpha value is -1.71. The molecule has 1 radical (unpaired) electrons. The van der Waals surface area contributed by atoms with Crippen LogP contribution in [0.25, 0.3) is 0 Å². The van der Waals surface area contributed by atoms with Crippen LogP contribution in [0.4, 0.5) is 0 Å². The van der Waals surface area contributed by atoms with Gasteiger partial charge in [0.2, 0.25) is 0 Å². The van der Waals surface area contributed by atoms with Crippen molar-refractivity contribution in [3.63, 3.8) is 0 Å². The Labute approximate surface area is 69.5 Å². The molecule has 0 saturated heterocycles. The van der Waals surface area contributed by atoms with Gasteiger partial charge < -0.3 is 15.5 Å². The minimum Gasteiger partial charge on any atom is -0.504 e. The highest BCUT2D eigenvalue weighted by molar-refractivity contribution is 5.94. The summed E-state index contributed by atoms with van der Waals surface area (Å²) in [5, 5.41) is 20.0. The van der Waals surface area contributed by atoms with E-state index in [9.17, 15) is 4.79 Å². The highest BCUT2D eigenvalue weighted by Gasteiger charge is 2.05. The monoisotopic (exact) mass is 166 g/mol. The summed E-state index contributed by atoms with van der Waals surface area (Å²) in [7, 11) is 3.17. The van der Waals surface area contributed by atoms with Gasteiger partial charge in [0.15, 0.2) is 11.5 Å². The van der Waals surface area contributed by atoms with Gasteiger partial charge in [-0.05, 0) is 18.2 Å². The van der Waals surface area contributed by atoms with E-state index in [2.05, 4.69) is 12.4 Å². The summed E-state index contributed by atoms with van der Waals surface area (Å²) in [5.41, 5.74) is 0.250. The van der Waals surface area contributed by atoms with Gasteiger partial charge in [0.25, 0.3) is 5.91 Å². The second-order valence-electron chi connectivity index (χ2n) is 2.21. The molecule has 0 saturated carbocycles. The number of carbonyl (C=O) groups excluding carboxylic acids is 1. The number of phenolic OH excluding ortho intramolecular Hbond substituents is 2. The zero-order valence-corrected chi connectivity index (χ0v) is 6.24. The van der Waals surface area contributed by atoms with Gasteiger partial charge in [0.1, 0.15) is 0 Å². The molecule has 1 aromatic carbocycles. The van der Waals surface area contributed by atoms with Gasteiger partial charge in [-0.1, -0.05) is 0 Å². The fraction of sp³-hybridized carbons (Fsp3) is 0. The third kappa shape index (κ3) is 1.47. The Morgan fingerprint density at radius 2 is 2.00 bits per heavy atom. The van der Waals surface area contributed by atoms with E-state index in [0.717, 1.165) is 6.07 Å². The van der Waals surface area contributed by atoms with Gasteiger partial charge in [-0.3, -0.25) is 4.79 Å². The van der Waals surface area contributed by atoms with Crippen molar-refractivity contribution in [1.82, 2.24) is 5.32 Å². The maximum absolute atomic E-state index is 10.9. The highest BCUT2D eigenvalue weighted by atomic mass is 16.3. The molecule has 1 rings (SSSR count). The van der Waals surface area contributed by atoms with Crippen molar-refractivity contribution < 1.29 is 15.0 Å². The minimum absolute atomic E-state index is 0.250. The molecule has 12 heavy (non-hydrogen) atoms. The van der Waals surface area contributed by atoms with Crippen molar-refractivity contribution in [2.24, 2.45) is 0 Å². The molecule has 0 aliphatic heterocycles. The Morgan fingerprint density at radius 3 is 2.50 bits per heavy atom. The second-order valence-corrected chi connectivity index (χ2v) is 2.21. The molecule has 0 aromatic heterocycles. The topological polar surface area (TPSA) is 69.6 Å². The standard InChI is InChI=1S/C8H8NO3/c1-9-8(12)5-2-3-6(10)7(11)4-5/h2-4,10-11H,1H2,(H,9,12). The predicted octanol–water partition coefficient (Wildman–Crippen LogP) is 0.619. The van der Waals surface area contributed by atoms with Crippen molar-refractivity contribution in [2.45, 2.75) is 0 Å². The molecule has 4 nitrogen and oxygen atoms in total. The average Bonchev–Trinajstić information content (AvgIpc) is 2.08. The lowest BCUT2D eigenvalue weighted by atomic mass is 10.2. The van der Waals surface area contributed by atoms with Crippen LogP contribution in [0.5, 0.6) is 11.5 Å². The molecular weight excluding hydrogens is 158 g/mol. The van der Waals surface area contributed by atoms with Gasteiger partial charge in [-0.15, -0.1) is 0 Å². The third-order valence-electron chi connectivity index (χ3n) is 1.40. The summed E-state index contributed by atoms with van der Waals surface area (Å²) >= 11 is 0. The molecule has 1 aromatic rings. The number of nitrogens with one attached hydrogen (secondary N) is 1. The predicted molar refractivity (Wildman–Crippen MR) is 42.6 cm³/mol. The van der Waals surface area contributed by atoms with E-state index in [1.807, 2.05) is 0 Å². The molecule has 0 aliphatic rings. The lowest BCUT2D eigenvalue weighted by Crippen LogP contribution is -2.15. The number of carbonyl (C=O) groups is 1. The summed E-state index contributed by atoms with van der Waals surface area (Å²) < 4.78 is 0. The molecule has 1 amide bonds. The molecule has 63 valence electrons. The normalized spacial score (nSPS) is 9.42. The number of benzene rings is 1. The van der Waals surface area contributed by atoms with Crippen LogP contribution in [0.1, 0.15) is 10.4 Å². The van der Waals surface area contributed by atoms with Gasteiger partial charge >= 0.3 is 0 Å². The number of rotatable bonds is 1. The number of aromatic hydroxyl groups is 2. The van der Waals surface area contributed by atoms with Crippen LogP contribution in [-0.4, -0.2) is 16.1 Å². The van der Waals surface area contributed by atoms with Gasteiger partial charge in [0.05, 0.1) is 0 Å². The molecule has 0 bridgehead atoms. The molecule has 0 fully saturated rings. The zero-order chi connectivity index (χ0) is 9.14. The number of hydrogen-bond acceptors (Lipinski definition) is 3. The largest absolute Gasteiger partial charge is 0.504 e. The van der Waals surface area contributed by atoms with Crippen LogP contribution in [0.2, 0.25) is 0 Å². The van der Waals surface area contributed by atoms with Gasteiger partial charge in [-0.25, -0.2) is 0 Å². The highest BCUT2D eigenvalue weighted by Crippen LogP contribution is 2.24. The zero-order valence-electron chi connectivity index (χ0n) is 6.24. The van der Waals surface area contributed by atoms with E-state index in [4.69, 9.17) is 10.2 Å². The molecular formula is C8H8NO3. The minimum atomic E-state index is -0.412. The summed E-state index contributed by atoms with van der Waals surface area (Å²) in [6.07, 6.45) is 0. The average molecular weight is 166 g/mol. The number of hydrogen-bond donors (Lipinski definition) is 3. The Balaban J connectivity index is 3.05. The Bertz CT molecular complexity index is 309. The van der Waals surface area contributed by atoms with Crippen LogP contribution in [0.15, 0.2) is 18.2 Å². The van der Waals surface area contributed by atoms with Crippen LogP contribution in [-0.2, 0) is 0 Å². The van der Waals surface area contributed by atoms with Crippen molar-refractivity contribution in [3.8, 4) is 11.5 Å². The summed E-state index contributed by atoms with van der Waals surface area (Å²) in [5.74, 6) is -0.989. The molecule has 0 unspecified atom stereocenters. The van der Waals surface area contributed by atoms with E-state index in [0.29, 0.717) is 0 Å². The fourth-order valence-corrected chi connectivity index (χ4v) is 0.767. The van der Waals surface area contributed by atoms with E-state index < -0.39 is 5.91 Å². The number of amides is 1. The van der Waals surface area contributed by atoms with Crippen molar-refractivity contribution in [1.29, 1.82) is 0 Å². The lowest BCUT2D eigenvalue weighted by molar-refractivity contribution is 0.0968. The SMILES string of the molecule is [CH2]NC(=O)c1ccc(O)c(O)c1. The van der Waals surface area contributed by atoms with Crippen LogP contribution >= 0.6 is 0 Å². The van der Waals surface area contributed by atoms with Crippen LogP contribution in [0.3, 0.4) is 0 Å². The van der Waals surface area contributed by atoms with Crippen molar-refractivity contribution in [2.75, 3.05) is 0 Å². The molecule has 0 spiro atoms. The maximum Gasteiger partial charge on any atom is 0.251 e. The quantitative estimate of drug-likeness (QED) is 0.535. The first-order valence-electron chi connectivity index (χ1n) is 3.24. The van der Waals surface area contributed by atoms with Crippen molar-refractivity contribution in [3.05, 3.63) is 30.8 Å².